The Bertz CT molecular complexity index is 682. The van der Waals surface area contributed by atoms with Crippen LogP contribution in [-0.4, -0.2) is 47.8 Å². The van der Waals surface area contributed by atoms with Gasteiger partial charge in [0, 0.05) is 25.3 Å². The first-order valence-electron chi connectivity index (χ1n) is 8.17. The third-order valence-corrected chi connectivity index (χ3v) is 5.34. The molecule has 0 bridgehead atoms. The Hall–Kier alpha value is -1.86. The molecule has 2 rings (SSSR count). The maximum Gasteiger partial charge on any atom is 0.307 e. The van der Waals surface area contributed by atoms with Gasteiger partial charge in [-0.3, -0.25) is 14.5 Å². The topological polar surface area (TPSA) is 49.9 Å². The molecule has 0 atom stereocenters. The van der Waals surface area contributed by atoms with Crippen molar-refractivity contribution in [1.82, 2.24) is 4.90 Å². The standard InChI is InChI=1S/C18H22N2O3S2/c1-4-19(5-2)14-8-6-13(7-9-14)12-15-17(22)20(18(24)25-15)11-10-16(21)23-3/h6-9,12H,4-5,10-11H2,1-3H3/b15-12+. The number of rotatable bonds is 7. The molecule has 0 aliphatic carbocycles. The van der Waals surface area contributed by atoms with Crippen molar-refractivity contribution in [3.05, 3.63) is 34.7 Å². The van der Waals surface area contributed by atoms with Gasteiger partial charge in [-0.1, -0.05) is 36.1 Å². The van der Waals surface area contributed by atoms with Gasteiger partial charge in [0.25, 0.3) is 5.91 Å². The normalized spacial score (nSPS) is 15.8. The van der Waals surface area contributed by atoms with Crippen molar-refractivity contribution in [3.63, 3.8) is 0 Å². The molecule has 1 amide bonds. The van der Waals surface area contributed by atoms with E-state index in [-0.39, 0.29) is 24.8 Å². The Balaban J connectivity index is 2.09. The average Bonchev–Trinajstić information content (AvgIpc) is 2.88. The highest BCUT2D eigenvalue weighted by Crippen LogP contribution is 2.32. The Morgan fingerprint density at radius 1 is 1.28 bits per heavy atom. The Morgan fingerprint density at radius 3 is 2.48 bits per heavy atom. The summed E-state index contributed by atoms with van der Waals surface area (Å²) in [6.45, 7) is 6.40. The maximum absolute atomic E-state index is 12.5. The van der Waals surface area contributed by atoms with E-state index in [4.69, 9.17) is 12.2 Å². The first-order valence-corrected chi connectivity index (χ1v) is 9.39. The monoisotopic (exact) mass is 378 g/mol. The van der Waals surface area contributed by atoms with Gasteiger partial charge >= 0.3 is 5.97 Å². The van der Waals surface area contributed by atoms with Gasteiger partial charge in [-0.25, -0.2) is 0 Å². The summed E-state index contributed by atoms with van der Waals surface area (Å²) in [7, 11) is 1.33. The lowest BCUT2D eigenvalue weighted by Crippen LogP contribution is -2.30. The van der Waals surface area contributed by atoms with Crippen molar-refractivity contribution >= 4 is 51.9 Å². The molecular weight excluding hydrogens is 356 g/mol. The van der Waals surface area contributed by atoms with Crippen molar-refractivity contribution in [3.8, 4) is 0 Å². The molecule has 134 valence electrons. The summed E-state index contributed by atoms with van der Waals surface area (Å²) in [4.78, 5) is 28.0. The van der Waals surface area contributed by atoms with Crippen molar-refractivity contribution in [2.24, 2.45) is 0 Å². The summed E-state index contributed by atoms with van der Waals surface area (Å²) in [5.41, 5.74) is 2.11. The second-order valence-corrected chi connectivity index (χ2v) is 7.10. The van der Waals surface area contributed by atoms with E-state index >= 15 is 0 Å². The SMILES string of the molecule is CCN(CC)c1ccc(/C=C2/SC(=S)N(CCC(=O)OC)C2=O)cc1. The predicted molar refractivity (Wildman–Crippen MR) is 107 cm³/mol. The molecule has 0 N–H and O–H groups in total. The number of nitrogens with zero attached hydrogens (tertiary/aromatic N) is 2. The molecule has 0 unspecified atom stereocenters. The van der Waals surface area contributed by atoms with E-state index in [1.54, 1.807) is 0 Å². The quantitative estimate of drug-likeness (QED) is 0.412. The minimum Gasteiger partial charge on any atom is -0.469 e. The zero-order chi connectivity index (χ0) is 18.4. The van der Waals surface area contributed by atoms with Crippen LogP contribution in [0.3, 0.4) is 0 Å². The third kappa shape index (κ3) is 4.83. The van der Waals surface area contributed by atoms with Crippen LogP contribution < -0.4 is 4.90 Å². The van der Waals surface area contributed by atoms with Crippen molar-refractivity contribution in [1.29, 1.82) is 0 Å². The lowest BCUT2D eigenvalue weighted by molar-refractivity contribution is -0.140. The number of hydrogen-bond donors (Lipinski definition) is 0. The van der Waals surface area contributed by atoms with Crippen LogP contribution in [0.15, 0.2) is 29.2 Å². The third-order valence-electron chi connectivity index (χ3n) is 3.96. The number of thiocarbonyl (C=S) groups is 1. The molecule has 0 saturated carbocycles. The number of esters is 1. The van der Waals surface area contributed by atoms with E-state index < -0.39 is 0 Å². The molecule has 1 aliphatic heterocycles. The van der Waals surface area contributed by atoms with Crippen molar-refractivity contribution < 1.29 is 14.3 Å². The highest BCUT2D eigenvalue weighted by molar-refractivity contribution is 8.26. The van der Waals surface area contributed by atoms with E-state index in [2.05, 4.69) is 35.6 Å². The van der Waals surface area contributed by atoms with Gasteiger partial charge in [0.1, 0.15) is 4.32 Å². The number of thioether (sulfide) groups is 1. The molecule has 7 heteroatoms. The fourth-order valence-electron chi connectivity index (χ4n) is 2.52. The smallest absolute Gasteiger partial charge is 0.307 e. The highest BCUT2D eigenvalue weighted by atomic mass is 32.2. The minimum absolute atomic E-state index is 0.134. The molecule has 1 fully saturated rings. The van der Waals surface area contributed by atoms with Gasteiger partial charge in [-0.15, -0.1) is 0 Å². The van der Waals surface area contributed by atoms with Crippen LogP contribution in [0, 0.1) is 0 Å². The number of ether oxygens (including phenoxy) is 1. The van der Waals surface area contributed by atoms with Crippen LogP contribution in [0.4, 0.5) is 5.69 Å². The molecule has 5 nitrogen and oxygen atoms in total. The summed E-state index contributed by atoms with van der Waals surface area (Å²) in [6, 6.07) is 8.09. The van der Waals surface area contributed by atoms with Gasteiger partial charge in [0.15, 0.2) is 0 Å². The van der Waals surface area contributed by atoms with Gasteiger partial charge in [-0.05, 0) is 37.6 Å². The summed E-state index contributed by atoms with van der Waals surface area (Å²) in [5.74, 6) is -0.517. The molecule has 1 aromatic rings. The Morgan fingerprint density at radius 2 is 1.92 bits per heavy atom. The number of methoxy groups -OCH3 is 1. The molecular formula is C18H22N2O3S2. The molecule has 25 heavy (non-hydrogen) atoms. The number of hydrogen-bond acceptors (Lipinski definition) is 6. The Kier molecular flexibility index (Phi) is 7.01. The van der Waals surface area contributed by atoms with E-state index in [9.17, 15) is 9.59 Å². The molecule has 0 spiro atoms. The van der Waals surface area contributed by atoms with E-state index in [0.717, 1.165) is 24.3 Å². The van der Waals surface area contributed by atoms with E-state index in [1.807, 2.05) is 18.2 Å². The van der Waals surface area contributed by atoms with Crippen LogP contribution >= 0.6 is 24.0 Å². The zero-order valence-electron chi connectivity index (χ0n) is 14.7. The van der Waals surface area contributed by atoms with Gasteiger partial charge in [0.2, 0.25) is 0 Å². The summed E-state index contributed by atoms with van der Waals surface area (Å²) >= 11 is 6.52. The van der Waals surface area contributed by atoms with E-state index in [0.29, 0.717) is 9.23 Å². The molecule has 1 heterocycles. The maximum atomic E-state index is 12.5. The lowest BCUT2D eigenvalue weighted by Gasteiger charge is -2.20. The number of carbonyl (C=O) groups is 2. The summed E-state index contributed by atoms with van der Waals surface area (Å²) in [5, 5.41) is 0. The van der Waals surface area contributed by atoms with Crippen LogP contribution in [0.5, 0.6) is 0 Å². The van der Waals surface area contributed by atoms with Crippen LogP contribution in [0.2, 0.25) is 0 Å². The first-order chi connectivity index (χ1) is 12.0. The average molecular weight is 379 g/mol. The summed E-state index contributed by atoms with van der Waals surface area (Å²) < 4.78 is 5.08. The van der Waals surface area contributed by atoms with Crippen LogP contribution in [0.1, 0.15) is 25.8 Å². The van der Waals surface area contributed by atoms with Crippen molar-refractivity contribution in [2.45, 2.75) is 20.3 Å². The zero-order valence-corrected chi connectivity index (χ0v) is 16.3. The first kappa shape index (κ1) is 19.5. The fraction of sp³-hybridized carbons (Fsp3) is 0.389. The molecule has 1 aromatic carbocycles. The number of anilines is 1. The number of benzene rings is 1. The fourth-order valence-corrected chi connectivity index (χ4v) is 3.83. The van der Waals surface area contributed by atoms with E-state index in [1.165, 1.54) is 23.8 Å². The van der Waals surface area contributed by atoms with Gasteiger partial charge < -0.3 is 9.64 Å². The highest BCUT2D eigenvalue weighted by Gasteiger charge is 2.32. The molecule has 0 aromatic heterocycles. The second kappa shape index (κ2) is 9.01. The largest absolute Gasteiger partial charge is 0.469 e. The second-order valence-electron chi connectivity index (χ2n) is 5.42. The summed E-state index contributed by atoms with van der Waals surface area (Å²) in [6.07, 6.45) is 1.97. The molecule has 0 radical (unpaired) electrons. The van der Waals surface area contributed by atoms with Crippen molar-refractivity contribution in [2.75, 3.05) is 31.6 Å². The number of carbonyl (C=O) groups excluding carboxylic acids is 2. The van der Waals surface area contributed by atoms with Gasteiger partial charge in [0.05, 0.1) is 18.4 Å². The lowest BCUT2D eigenvalue weighted by atomic mass is 10.1. The van der Waals surface area contributed by atoms with Crippen LogP contribution in [0.25, 0.3) is 6.08 Å². The molecule has 1 saturated heterocycles. The molecule has 1 aliphatic rings. The minimum atomic E-state index is -0.356. The van der Waals surface area contributed by atoms with Crippen LogP contribution in [-0.2, 0) is 14.3 Å². The Labute approximate surface area is 158 Å². The predicted octanol–water partition coefficient (Wildman–Crippen LogP) is 3.30. The van der Waals surface area contributed by atoms with Gasteiger partial charge in [-0.2, -0.15) is 0 Å². The number of amides is 1.